The standard InChI is InChI=1S/C15H19NO2S/c1-11-2-6-15(7-3-11)19(17,18)16-10-14-9-12-4-5-13(14)8-12/h2-7,12-14,16H,8-10H2,1H3/t12-,13+,14-/m1/s1. The fourth-order valence-corrected chi connectivity index (χ4v) is 4.24. The Morgan fingerprint density at radius 3 is 2.47 bits per heavy atom. The smallest absolute Gasteiger partial charge is 0.211 e. The summed E-state index contributed by atoms with van der Waals surface area (Å²) in [6.45, 7) is 2.51. The lowest BCUT2D eigenvalue weighted by Crippen LogP contribution is -2.31. The third-order valence-electron chi connectivity index (χ3n) is 4.28. The van der Waals surface area contributed by atoms with Gasteiger partial charge in [-0.3, -0.25) is 0 Å². The van der Waals surface area contributed by atoms with E-state index in [1.165, 1.54) is 6.42 Å². The molecule has 0 spiro atoms. The van der Waals surface area contributed by atoms with E-state index in [0.29, 0.717) is 29.2 Å². The van der Waals surface area contributed by atoms with Crippen LogP contribution in [0.1, 0.15) is 18.4 Å². The van der Waals surface area contributed by atoms with E-state index in [9.17, 15) is 8.42 Å². The van der Waals surface area contributed by atoms with Gasteiger partial charge in [0, 0.05) is 6.54 Å². The fourth-order valence-electron chi connectivity index (χ4n) is 3.15. The maximum atomic E-state index is 12.2. The third-order valence-corrected chi connectivity index (χ3v) is 5.72. The van der Waals surface area contributed by atoms with Crippen molar-refractivity contribution in [3.05, 3.63) is 42.0 Å². The molecule has 0 heterocycles. The number of rotatable bonds is 4. The highest BCUT2D eigenvalue weighted by Crippen LogP contribution is 2.43. The summed E-state index contributed by atoms with van der Waals surface area (Å²) >= 11 is 0. The van der Waals surface area contributed by atoms with Crippen LogP contribution >= 0.6 is 0 Å². The summed E-state index contributed by atoms with van der Waals surface area (Å²) in [4.78, 5) is 0.358. The quantitative estimate of drug-likeness (QED) is 0.859. The van der Waals surface area contributed by atoms with Crippen LogP contribution in [0.15, 0.2) is 41.3 Å². The maximum absolute atomic E-state index is 12.2. The zero-order valence-electron chi connectivity index (χ0n) is 11.0. The van der Waals surface area contributed by atoms with Crippen LogP contribution in [0.25, 0.3) is 0 Å². The van der Waals surface area contributed by atoms with E-state index in [-0.39, 0.29) is 0 Å². The number of nitrogens with one attached hydrogen (secondary N) is 1. The van der Waals surface area contributed by atoms with Crippen LogP contribution in [0.5, 0.6) is 0 Å². The van der Waals surface area contributed by atoms with Crippen molar-refractivity contribution in [2.45, 2.75) is 24.7 Å². The molecule has 0 amide bonds. The molecule has 1 aromatic carbocycles. The molecule has 0 aliphatic heterocycles. The lowest BCUT2D eigenvalue weighted by Gasteiger charge is -2.18. The van der Waals surface area contributed by atoms with E-state index in [1.54, 1.807) is 12.1 Å². The summed E-state index contributed by atoms with van der Waals surface area (Å²) in [6.07, 6.45) is 6.85. The molecule has 0 aromatic heterocycles. The summed E-state index contributed by atoms with van der Waals surface area (Å²) in [7, 11) is -3.36. The van der Waals surface area contributed by atoms with E-state index in [4.69, 9.17) is 0 Å². The van der Waals surface area contributed by atoms with E-state index < -0.39 is 10.0 Å². The molecule has 4 heteroatoms. The molecule has 3 rings (SSSR count). The monoisotopic (exact) mass is 277 g/mol. The number of fused-ring (bicyclic) bond motifs is 2. The largest absolute Gasteiger partial charge is 0.240 e. The van der Waals surface area contributed by atoms with Gasteiger partial charge in [-0.05, 0) is 49.7 Å². The number of sulfonamides is 1. The summed E-state index contributed by atoms with van der Waals surface area (Å²) in [5.74, 6) is 1.72. The van der Waals surface area contributed by atoms with Gasteiger partial charge in [-0.25, -0.2) is 13.1 Å². The second-order valence-electron chi connectivity index (χ2n) is 5.71. The van der Waals surface area contributed by atoms with Crippen molar-refractivity contribution < 1.29 is 8.42 Å². The zero-order chi connectivity index (χ0) is 13.5. The van der Waals surface area contributed by atoms with Gasteiger partial charge in [0.1, 0.15) is 0 Å². The Morgan fingerprint density at radius 1 is 1.16 bits per heavy atom. The van der Waals surface area contributed by atoms with Gasteiger partial charge >= 0.3 is 0 Å². The molecule has 0 unspecified atom stereocenters. The average Bonchev–Trinajstić information content (AvgIpc) is 2.99. The molecule has 2 aliphatic rings. The topological polar surface area (TPSA) is 46.2 Å². The van der Waals surface area contributed by atoms with Gasteiger partial charge in [-0.2, -0.15) is 0 Å². The first-order valence-corrected chi connectivity index (χ1v) is 8.27. The molecule has 1 fully saturated rings. The van der Waals surface area contributed by atoms with Crippen LogP contribution in [-0.2, 0) is 10.0 Å². The molecular formula is C15H19NO2S. The van der Waals surface area contributed by atoms with Gasteiger partial charge in [-0.1, -0.05) is 29.8 Å². The van der Waals surface area contributed by atoms with Crippen LogP contribution in [-0.4, -0.2) is 15.0 Å². The molecule has 0 saturated heterocycles. The van der Waals surface area contributed by atoms with Crippen LogP contribution in [0.4, 0.5) is 0 Å². The highest BCUT2D eigenvalue weighted by Gasteiger charge is 2.35. The molecule has 3 atom stereocenters. The summed E-state index contributed by atoms with van der Waals surface area (Å²) in [5, 5.41) is 0. The Hall–Kier alpha value is -1.13. The third kappa shape index (κ3) is 2.60. The summed E-state index contributed by atoms with van der Waals surface area (Å²) in [6, 6.07) is 6.99. The van der Waals surface area contributed by atoms with Gasteiger partial charge in [-0.15, -0.1) is 0 Å². The lowest BCUT2D eigenvalue weighted by molar-refractivity contribution is 0.440. The van der Waals surface area contributed by atoms with Crippen LogP contribution in [0.3, 0.4) is 0 Å². The number of benzene rings is 1. The molecule has 1 N–H and O–H groups in total. The van der Waals surface area contributed by atoms with Crippen molar-refractivity contribution in [1.82, 2.24) is 4.72 Å². The first kappa shape index (κ1) is 12.9. The van der Waals surface area contributed by atoms with Crippen molar-refractivity contribution in [3.8, 4) is 0 Å². The van der Waals surface area contributed by atoms with Crippen molar-refractivity contribution >= 4 is 10.0 Å². The number of aryl methyl sites for hydroxylation is 1. The number of allylic oxidation sites excluding steroid dienone is 2. The van der Waals surface area contributed by atoms with Gasteiger partial charge < -0.3 is 0 Å². The lowest BCUT2D eigenvalue weighted by atomic mass is 9.94. The van der Waals surface area contributed by atoms with E-state index in [2.05, 4.69) is 16.9 Å². The normalized spacial score (nSPS) is 29.0. The highest BCUT2D eigenvalue weighted by molar-refractivity contribution is 7.89. The van der Waals surface area contributed by atoms with Gasteiger partial charge in [0.25, 0.3) is 0 Å². The van der Waals surface area contributed by atoms with Crippen LogP contribution in [0.2, 0.25) is 0 Å². The molecular weight excluding hydrogens is 258 g/mol. The highest BCUT2D eigenvalue weighted by atomic mass is 32.2. The van der Waals surface area contributed by atoms with Crippen molar-refractivity contribution in [3.63, 3.8) is 0 Å². The molecule has 1 saturated carbocycles. The van der Waals surface area contributed by atoms with Crippen molar-refractivity contribution in [2.75, 3.05) is 6.54 Å². The second kappa shape index (κ2) is 4.76. The first-order valence-electron chi connectivity index (χ1n) is 6.79. The van der Waals surface area contributed by atoms with Crippen molar-refractivity contribution in [2.24, 2.45) is 17.8 Å². The van der Waals surface area contributed by atoms with E-state index >= 15 is 0 Å². The zero-order valence-corrected chi connectivity index (χ0v) is 11.9. The first-order chi connectivity index (χ1) is 9.04. The summed E-state index contributed by atoms with van der Waals surface area (Å²) < 4.78 is 27.1. The Balaban J connectivity index is 1.66. The molecule has 0 radical (unpaired) electrons. The number of hydrogen-bond acceptors (Lipinski definition) is 2. The predicted octanol–water partition coefficient (Wildman–Crippen LogP) is 2.49. The minimum atomic E-state index is -3.36. The Kier molecular flexibility index (Phi) is 3.23. The fraction of sp³-hybridized carbons (Fsp3) is 0.467. The number of hydrogen-bond donors (Lipinski definition) is 1. The van der Waals surface area contributed by atoms with Crippen molar-refractivity contribution in [1.29, 1.82) is 0 Å². The minimum absolute atomic E-state index is 0.358. The molecule has 1 aromatic rings. The predicted molar refractivity (Wildman–Crippen MR) is 75.2 cm³/mol. The molecule has 2 aliphatic carbocycles. The van der Waals surface area contributed by atoms with E-state index in [1.807, 2.05) is 19.1 Å². The van der Waals surface area contributed by atoms with Crippen LogP contribution in [0, 0.1) is 24.7 Å². The Bertz CT molecular complexity index is 589. The minimum Gasteiger partial charge on any atom is -0.211 e. The molecule has 19 heavy (non-hydrogen) atoms. The average molecular weight is 277 g/mol. The van der Waals surface area contributed by atoms with Gasteiger partial charge in [0.05, 0.1) is 4.90 Å². The van der Waals surface area contributed by atoms with E-state index in [0.717, 1.165) is 12.0 Å². The molecule has 3 nitrogen and oxygen atoms in total. The van der Waals surface area contributed by atoms with Gasteiger partial charge in [0.2, 0.25) is 10.0 Å². The SMILES string of the molecule is Cc1ccc(S(=O)(=O)NC[C@H]2C[C@@H]3C=C[C@H]2C3)cc1. The second-order valence-corrected chi connectivity index (χ2v) is 7.47. The molecule has 102 valence electrons. The van der Waals surface area contributed by atoms with Crippen LogP contribution < -0.4 is 4.72 Å². The molecule has 2 bridgehead atoms. The summed E-state index contributed by atoms with van der Waals surface area (Å²) in [5.41, 5.74) is 1.07. The Morgan fingerprint density at radius 2 is 1.89 bits per heavy atom. The van der Waals surface area contributed by atoms with Gasteiger partial charge in [0.15, 0.2) is 0 Å². The maximum Gasteiger partial charge on any atom is 0.240 e. The Labute approximate surface area is 114 Å².